The Bertz CT molecular complexity index is 1270. The van der Waals surface area contributed by atoms with Crippen molar-refractivity contribution in [3.8, 4) is 5.75 Å². The molecule has 0 saturated carbocycles. The fourth-order valence-corrected chi connectivity index (χ4v) is 4.54. The minimum Gasteiger partial charge on any atom is -0.431 e. The number of carbonyl (C=O) groups is 1. The van der Waals surface area contributed by atoms with E-state index >= 15 is 0 Å². The van der Waals surface area contributed by atoms with Crippen LogP contribution in [0.1, 0.15) is 25.3 Å². The average molecular weight is 544 g/mol. The number of nitrogens with one attached hydrogen (secondary N) is 1. The molecule has 2 aromatic rings. The summed E-state index contributed by atoms with van der Waals surface area (Å²) < 4.78 is 129. The highest BCUT2D eigenvalue weighted by molar-refractivity contribution is 7.90. The molecule has 1 aromatic heterocycles. The highest BCUT2D eigenvalue weighted by Crippen LogP contribution is 2.55. The summed E-state index contributed by atoms with van der Waals surface area (Å²) in [5.74, 6) is -9.51. The van der Waals surface area contributed by atoms with Gasteiger partial charge in [-0.15, -0.1) is 0 Å². The third-order valence-electron chi connectivity index (χ3n) is 5.96. The molecular weight excluding hydrogens is 525 g/mol. The molecule has 3 rings (SSSR count). The summed E-state index contributed by atoms with van der Waals surface area (Å²) in [4.78, 5) is 16.7. The molecule has 1 N–H and O–H groups in total. The minimum atomic E-state index is -5.07. The van der Waals surface area contributed by atoms with Gasteiger partial charge in [0.25, 0.3) is 5.91 Å². The maximum Gasteiger partial charge on any atom is 0.417 e. The number of halogens is 7. The van der Waals surface area contributed by atoms with Crippen LogP contribution in [-0.2, 0) is 19.4 Å². The van der Waals surface area contributed by atoms with Gasteiger partial charge in [-0.05, 0) is 25.1 Å². The van der Waals surface area contributed by atoms with Crippen LogP contribution in [0.25, 0.3) is 0 Å². The molecule has 198 valence electrons. The molecule has 0 unspecified atom stereocenters. The Labute approximate surface area is 200 Å². The van der Waals surface area contributed by atoms with E-state index in [9.17, 15) is 43.9 Å². The Kier molecular flexibility index (Phi) is 7.29. The molecule has 1 amide bonds. The van der Waals surface area contributed by atoms with E-state index in [0.717, 1.165) is 37.6 Å². The largest absolute Gasteiger partial charge is 0.431 e. The van der Waals surface area contributed by atoms with Gasteiger partial charge in [0.1, 0.15) is 6.10 Å². The molecule has 0 radical (unpaired) electrons. The van der Waals surface area contributed by atoms with E-state index in [4.69, 9.17) is 4.74 Å². The molecule has 1 saturated heterocycles. The molecule has 0 aliphatic carbocycles. The first-order valence-corrected chi connectivity index (χ1v) is 12.0. The molecule has 0 spiro atoms. The van der Waals surface area contributed by atoms with Crippen molar-refractivity contribution in [2.45, 2.75) is 49.3 Å². The van der Waals surface area contributed by atoms with Crippen LogP contribution in [0.5, 0.6) is 5.75 Å². The van der Waals surface area contributed by atoms with E-state index in [1.807, 2.05) is 0 Å². The SMILES string of the molecule is C[C@@H]1[C@H](c2ccc(F)c(F)c2OC(F)F)[C@@H](C(=O)Nc2ccnc(S(C)(=O)=O)c2)O[C@]1(C)C(F)(F)F. The predicted molar refractivity (Wildman–Crippen MR) is 110 cm³/mol. The number of anilines is 1. The lowest BCUT2D eigenvalue weighted by Gasteiger charge is -2.32. The van der Waals surface area contributed by atoms with Crippen LogP contribution < -0.4 is 10.1 Å². The van der Waals surface area contributed by atoms with E-state index in [-0.39, 0.29) is 5.69 Å². The highest BCUT2D eigenvalue weighted by Gasteiger charge is 2.66. The number of benzene rings is 1. The number of rotatable bonds is 6. The van der Waals surface area contributed by atoms with Gasteiger partial charge in [0.05, 0.1) is 0 Å². The van der Waals surface area contributed by atoms with Gasteiger partial charge in [-0.3, -0.25) is 4.79 Å². The Morgan fingerprint density at radius 3 is 2.42 bits per heavy atom. The number of alkyl halides is 5. The summed E-state index contributed by atoms with van der Waals surface area (Å²) >= 11 is 0. The number of nitrogens with zero attached hydrogens (tertiary/aromatic N) is 1. The van der Waals surface area contributed by atoms with Crippen LogP contribution in [0.15, 0.2) is 35.5 Å². The Hall–Kier alpha value is -2.94. The van der Waals surface area contributed by atoms with Gasteiger partial charge in [0, 0.05) is 35.5 Å². The molecule has 0 bridgehead atoms. The molecule has 7 nitrogen and oxygen atoms in total. The maximum atomic E-state index is 14.4. The Balaban J connectivity index is 2.11. The number of sulfone groups is 1. The van der Waals surface area contributed by atoms with Gasteiger partial charge in [-0.2, -0.15) is 26.3 Å². The molecule has 1 aromatic carbocycles. The monoisotopic (exact) mass is 544 g/mol. The summed E-state index contributed by atoms with van der Waals surface area (Å²) in [5, 5.41) is 1.75. The van der Waals surface area contributed by atoms with Gasteiger partial charge in [-0.1, -0.05) is 13.0 Å². The lowest BCUT2D eigenvalue weighted by molar-refractivity contribution is -0.272. The molecule has 4 atom stereocenters. The molecule has 1 aliphatic heterocycles. The van der Waals surface area contributed by atoms with Crippen LogP contribution >= 0.6 is 0 Å². The predicted octanol–water partition coefficient (Wildman–Crippen LogP) is 4.44. The number of aromatic nitrogens is 1. The van der Waals surface area contributed by atoms with Gasteiger partial charge in [-0.25, -0.2) is 17.8 Å². The topological polar surface area (TPSA) is 94.6 Å². The molecule has 2 heterocycles. The lowest BCUT2D eigenvalue weighted by Crippen LogP contribution is -2.47. The minimum absolute atomic E-state index is 0.180. The molecule has 15 heteroatoms. The van der Waals surface area contributed by atoms with Crippen LogP contribution in [0.4, 0.5) is 36.4 Å². The average Bonchev–Trinajstić information content (AvgIpc) is 3.03. The van der Waals surface area contributed by atoms with E-state index in [1.54, 1.807) is 0 Å². The van der Waals surface area contributed by atoms with Gasteiger partial charge < -0.3 is 14.8 Å². The van der Waals surface area contributed by atoms with Crippen LogP contribution in [0.3, 0.4) is 0 Å². The van der Waals surface area contributed by atoms with Crippen LogP contribution in [0.2, 0.25) is 0 Å². The number of amides is 1. The van der Waals surface area contributed by atoms with Crippen molar-refractivity contribution in [2.75, 3.05) is 11.6 Å². The zero-order chi connectivity index (χ0) is 27.2. The number of hydrogen-bond acceptors (Lipinski definition) is 6. The fraction of sp³-hybridized carbons (Fsp3) is 0.429. The third-order valence-corrected chi connectivity index (χ3v) is 6.94. The van der Waals surface area contributed by atoms with E-state index < -0.39 is 80.0 Å². The van der Waals surface area contributed by atoms with E-state index in [1.165, 1.54) is 0 Å². The van der Waals surface area contributed by atoms with E-state index in [2.05, 4.69) is 15.0 Å². The standard InChI is InChI=1S/C21H19F7N2O5S/c1-9-14(11-4-5-12(22)15(23)16(11)34-19(24)25)17(35-20(9,2)21(26,27)28)18(31)30-10-6-7-29-13(8-10)36(3,32)33/h4-9,14,17,19H,1-3H3,(H,29,30,31)/t9-,14-,17+,20+/m1/s1. The van der Waals surface area contributed by atoms with Crippen molar-refractivity contribution in [3.63, 3.8) is 0 Å². The first kappa shape index (κ1) is 27.6. The lowest BCUT2D eigenvalue weighted by atomic mass is 9.77. The van der Waals surface area contributed by atoms with Gasteiger partial charge in [0.2, 0.25) is 5.82 Å². The zero-order valence-electron chi connectivity index (χ0n) is 18.7. The molecular formula is C21H19F7N2O5S. The number of pyridine rings is 1. The summed E-state index contributed by atoms with van der Waals surface area (Å²) in [6.45, 7) is -2.03. The van der Waals surface area contributed by atoms with Crippen LogP contribution in [-0.4, -0.2) is 50.1 Å². The second kappa shape index (κ2) is 9.50. The number of ether oxygens (including phenoxy) is 2. The van der Waals surface area contributed by atoms with Crippen molar-refractivity contribution < 1.29 is 53.4 Å². The normalized spacial score (nSPS) is 24.7. The smallest absolute Gasteiger partial charge is 0.417 e. The first-order chi connectivity index (χ1) is 16.5. The van der Waals surface area contributed by atoms with Crippen molar-refractivity contribution in [1.29, 1.82) is 0 Å². The number of hydrogen-bond donors (Lipinski definition) is 1. The van der Waals surface area contributed by atoms with Crippen LogP contribution in [0, 0.1) is 17.6 Å². The van der Waals surface area contributed by atoms with Gasteiger partial charge in [0.15, 0.2) is 32.0 Å². The summed E-state index contributed by atoms with van der Waals surface area (Å²) in [6, 6.07) is 3.31. The Morgan fingerprint density at radius 1 is 1.22 bits per heavy atom. The summed E-state index contributed by atoms with van der Waals surface area (Å²) in [7, 11) is -3.81. The van der Waals surface area contributed by atoms with Crippen molar-refractivity contribution in [2.24, 2.45) is 5.92 Å². The quantitative estimate of drug-likeness (QED) is 0.541. The highest BCUT2D eigenvalue weighted by atomic mass is 32.2. The van der Waals surface area contributed by atoms with Crippen molar-refractivity contribution in [3.05, 3.63) is 47.7 Å². The van der Waals surface area contributed by atoms with E-state index in [0.29, 0.717) is 13.0 Å². The second-order valence-electron chi connectivity index (χ2n) is 8.26. The Morgan fingerprint density at radius 2 is 1.86 bits per heavy atom. The number of carbonyl (C=O) groups excluding carboxylic acids is 1. The van der Waals surface area contributed by atoms with Crippen molar-refractivity contribution in [1.82, 2.24) is 4.98 Å². The molecule has 1 aliphatic rings. The van der Waals surface area contributed by atoms with Gasteiger partial charge >= 0.3 is 12.8 Å². The molecule has 1 fully saturated rings. The summed E-state index contributed by atoms with van der Waals surface area (Å²) in [6.07, 6.45) is -5.28. The third kappa shape index (κ3) is 5.12. The maximum absolute atomic E-state index is 14.4. The van der Waals surface area contributed by atoms with Crippen molar-refractivity contribution >= 4 is 21.4 Å². The zero-order valence-corrected chi connectivity index (χ0v) is 19.6. The summed E-state index contributed by atoms with van der Waals surface area (Å²) in [5.41, 5.74) is -3.84. The fourth-order valence-electron chi connectivity index (χ4n) is 3.94. The second-order valence-corrected chi connectivity index (χ2v) is 10.2. The first-order valence-electron chi connectivity index (χ1n) is 10.1. The molecule has 36 heavy (non-hydrogen) atoms.